The largest absolute Gasteiger partial charge is 0.497 e. The number of nitrogens with zero attached hydrogens (tertiary/aromatic N) is 1. The first-order valence-corrected chi connectivity index (χ1v) is 10.3. The summed E-state index contributed by atoms with van der Waals surface area (Å²) >= 11 is 0. The average molecular weight is 465 g/mol. The number of hydrogen-bond acceptors (Lipinski definition) is 5. The van der Waals surface area contributed by atoms with Gasteiger partial charge in [-0.3, -0.25) is 9.59 Å². The Labute approximate surface area is 189 Å². The monoisotopic (exact) mass is 465 g/mol. The Morgan fingerprint density at radius 1 is 1.06 bits per heavy atom. The van der Waals surface area contributed by atoms with Crippen LogP contribution in [0.25, 0.3) is 0 Å². The molecule has 0 saturated heterocycles. The lowest BCUT2D eigenvalue weighted by molar-refractivity contribution is -0.138. The lowest BCUT2D eigenvalue weighted by Gasteiger charge is -2.19. The molecule has 2 N–H and O–H groups in total. The molecule has 2 aromatic carbocycles. The van der Waals surface area contributed by atoms with Crippen LogP contribution in [-0.2, 0) is 22.3 Å². The molecule has 0 spiro atoms. The van der Waals surface area contributed by atoms with Crippen LogP contribution >= 0.6 is 0 Å². The minimum absolute atomic E-state index is 0.0760. The molecule has 0 unspecified atom stereocenters. The van der Waals surface area contributed by atoms with Gasteiger partial charge in [-0.2, -0.15) is 13.2 Å². The van der Waals surface area contributed by atoms with Crippen molar-refractivity contribution in [2.75, 3.05) is 27.7 Å². The third-order valence-corrected chi connectivity index (χ3v) is 5.12. The fourth-order valence-corrected chi connectivity index (χ4v) is 3.23. The summed E-state index contributed by atoms with van der Waals surface area (Å²) in [5.74, 6) is -0.523. The summed E-state index contributed by atoms with van der Waals surface area (Å²) in [6.45, 7) is 0.404. The van der Waals surface area contributed by atoms with Crippen LogP contribution in [0, 0.1) is 0 Å². The number of alkyl halides is 3. The minimum atomic E-state index is -4.60. The number of carbonyl (C=O) groups excluding carboxylic acids is 2. The first-order chi connectivity index (χ1) is 15.5. The van der Waals surface area contributed by atoms with E-state index in [1.807, 2.05) is 0 Å². The van der Waals surface area contributed by atoms with Gasteiger partial charge >= 0.3 is 6.18 Å². The smallest absolute Gasteiger partial charge is 0.420 e. The van der Waals surface area contributed by atoms with E-state index in [-0.39, 0.29) is 42.2 Å². The quantitative estimate of drug-likeness (QED) is 0.594. The molecule has 2 amide bonds. The number of likely N-dealkylation sites (N-methyl/N-ethyl adjacent to an activating group) is 1. The van der Waals surface area contributed by atoms with Crippen molar-refractivity contribution in [1.29, 1.82) is 0 Å². The predicted octanol–water partition coefficient (Wildman–Crippen LogP) is 3.33. The maximum atomic E-state index is 13.3. The van der Waals surface area contributed by atoms with Gasteiger partial charge in [0, 0.05) is 6.54 Å². The molecule has 0 atom stereocenters. The number of nitrogens with one attached hydrogen (secondary N) is 2. The van der Waals surface area contributed by atoms with Crippen LogP contribution in [0.3, 0.4) is 0 Å². The van der Waals surface area contributed by atoms with Crippen LogP contribution in [-0.4, -0.2) is 50.0 Å². The van der Waals surface area contributed by atoms with Crippen LogP contribution in [0.5, 0.6) is 17.2 Å². The maximum Gasteiger partial charge on any atom is 0.420 e. The Morgan fingerprint density at radius 2 is 1.70 bits per heavy atom. The van der Waals surface area contributed by atoms with E-state index >= 15 is 0 Å². The molecule has 0 bridgehead atoms. The molecule has 2 aromatic rings. The summed E-state index contributed by atoms with van der Waals surface area (Å²) in [6.07, 6.45) is -3.45. The number of carbonyl (C=O) groups is 2. The van der Waals surface area contributed by atoms with Crippen molar-refractivity contribution in [3.8, 4) is 17.2 Å². The van der Waals surface area contributed by atoms with E-state index in [0.29, 0.717) is 12.8 Å². The number of amides is 2. The summed E-state index contributed by atoms with van der Waals surface area (Å²) in [6, 6.07) is 9.82. The number of hydrogen-bond donors (Lipinski definition) is 2. The molecule has 10 heteroatoms. The molecule has 7 nitrogen and oxygen atoms in total. The van der Waals surface area contributed by atoms with Gasteiger partial charge in [-0.25, -0.2) is 0 Å². The lowest BCUT2D eigenvalue weighted by Crippen LogP contribution is -2.50. The molecular formula is C23H26F3N3O4. The zero-order valence-corrected chi connectivity index (χ0v) is 18.6. The van der Waals surface area contributed by atoms with Crippen LogP contribution in [0.1, 0.15) is 24.0 Å². The van der Waals surface area contributed by atoms with E-state index < -0.39 is 17.3 Å². The molecule has 1 saturated carbocycles. The Hall–Kier alpha value is -3.27. The summed E-state index contributed by atoms with van der Waals surface area (Å²) in [5, 5.41) is 5.58. The zero-order chi connectivity index (χ0) is 24.2. The summed E-state index contributed by atoms with van der Waals surface area (Å²) in [4.78, 5) is 26.2. The van der Waals surface area contributed by atoms with Crippen LogP contribution in [0.4, 0.5) is 13.2 Å². The highest BCUT2D eigenvalue weighted by Crippen LogP contribution is 2.40. The van der Waals surface area contributed by atoms with E-state index in [1.165, 1.54) is 31.4 Å². The third kappa shape index (κ3) is 6.38. The predicted molar refractivity (Wildman–Crippen MR) is 115 cm³/mol. The van der Waals surface area contributed by atoms with Gasteiger partial charge in [0.1, 0.15) is 28.4 Å². The molecule has 1 aliphatic rings. The lowest BCUT2D eigenvalue weighted by atomic mass is 10.1. The van der Waals surface area contributed by atoms with E-state index in [4.69, 9.17) is 9.47 Å². The third-order valence-electron chi connectivity index (χ3n) is 5.12. The molecule has 0 heterocycles. The van der Waals surface area contributed by atoms with Crippen molar-refractivity contribution in [1.82, 2.24) is 15.5 Å². The molecule has 1 fully saturated rings. The van der Waals surface area contributed by atoms with Crippen molar-refractivity contribution < 1.29 is 32.2 Å². The molecule has 178 valence electrons. The molecule has 3 rings (SSSR count). The minimum Gasteiger partial charge on any atom is -0.497 e. The van der Waals surface area contributed by atoms with Gasteiger partial charge in [0.25, 0.3) is 0 Å². The van der Waals surface area contributed by atoms with Crippen molar-refractivity contribution in [2.24, 2.45) is 0 Å². The zero-order valence-electron chi connectivity index (χ0n) is 18.6. The summed E-state index contributed by atoms with van der Waals surface area (Å²) in [5.41, 5.74) is -1.07. The Morgan fingerprint density at radius 3 is 2.24 bits per heavy atom. The normalized spacial score (nSPS) is 14.5. The summed E-state index contributed by atoms with van der Waals surface area (Å²) < 4.78 is 50.3. The van der Waals surface area contributed by atoms with Crippen LogP contribution in [0.2, 0.25) is 0 Å². The van der Waals surface area contributed by atoms with Crippen LogP contribution in [0.15, 0.2) is 42.5 Å². The van der Waals surface area contributed by atoms with Gasteiger partial charge in [0.2, 0.25) is 11.8 Å². The van der Waals surface area contributed by atoms with Crippen molar-refractivity contribution in [3.05, 3.63) is 53.6 Å². The van der Waals surface area contributed by atoms with Crippen molar-refractivity contribution >= 4 is 11.8 Å². The second-order valence-corrected chi connectivity index (χ2v) is 8.16. The fraction of sp³-hybridized carbons (Fsp3) is 0.391. The number of rotatable bonds is 9. The molecule has 0 aromatic heterocycles. The number of halogens is 3. The first kappa shape index (κ1) is 24.4. The Kier molecular flexibility index (Phi) is 7.16. The fourth-order valence-electron chi connectivity index (χ4n) is 3.23. The van der Waals surface area contributed by atoms with Gasteiger partial charge in [0.05, 0.1) is 13.7 Å². The van der Waals surface area contributed by atoms with E-state index in [2.05, 4.69) is 10.6 Å². The maximum absolute atomic E-state index is 13.3. The van der Waals surface area contributed by atoms with Gasteiger partial charge in [-0.1, -0.05) is 12.1 Å². The Balaban J connectivity index is 1.59. The highest BCUT2D eigenvalue weighted by atomic mass is 19.4. The second-order valence-electron chi connectivity index (χ2n) is 8.16. The number of methoxy groups -OCH3 is 1. The van der Waals surface area contributed by atoms with Gasteiger partial charge in [0.15, 0.2) is 0 Å². The SMILES string of the molecule is COc1ccc(Oc2ccc(CNC(=O)C3(NC(=O)CN(C)C)CC3)cc2)c(C(F)(F)F)c1. The second kappa shape index (κ2) is 9.70. The highest BCUT2D eigenvalue weighted by Gasteiger charge is 2.50. The topological polar surface area (TPSA) is 79.9 Å². The van der Waals surface area contributed by atoms with Gasteiger partial charge in [-0.05, 0) is 62.8 Å². The molecule has 0 radical (unpaired) electrons. The van der Waals surface area contributed by atoms with Crippen molar-refractivity contribution in [3.63, 3.8) is 0 Å². The van der Waals surface area contributed by atoms with E-state index in [0.717, 1.165) is 11.6 Å². The molecule has 0 aliphatic heterocycles. The molecule has 33 heavy (non-hydrogen) atoms. The van der Waals surface area contributed by atoms with Gasteiger partial charge < -0.3 is 25.0 Å². The number of benzene rings is 2. The van der Waals surface area contributed by atoms with E-state index in [9.17, 15) is 22.8 Å². The van der Waals surface area contributed by atoms with E-state index in [1.54, 1.807) is 31.1 Å². The highest BCUT2D eigenvalue weighted by molar-refractivity contribution is 5.94. The van der Waals surface area contributed by atoms with Crippen molar-refractivity contribution in [2.45, 2.75) is 31.1 Å². The van der Waals surface area contributed by atoms with Crippen LogP contribution < -0.4 is 20.1 Å². The number of ether oxygens (including phenoxy) is 2. The summed E-state index contributed by atoms with van der Waals surface area (Å²) in [7, 11) is 4.83. The molecule has 1 aliphatic carbocycles. The van der Waals surface area contributed by atoms with Gasteiger partial charge in [-0.15, -0.1) is 0 Å². The standard InChI is InChI=1S/C23H26F3N3O4/c1-29(2)14-20(30)28-22(10-11-22)21(31)27-13-15-4-6-16(7-5-15)33-19-9-8-17(32-3)12-18(19)23(24,25)26/h4-9,12H,10-11,13-14H2,1-3H3,(H,27,31)(H,28,30). The first-order valence-electron chi connectivity index (χ1n) is 10.3. The molecular weight excluding hydrogens is 439 g/mol. The average Bonchev–Trinajstić information content (AvgIpc) is 3.52. The Bertz CT molecular complexity index is 1000.